The molecular formula is C11H11FO5S. The molecule has 1 aromatic rings. The fourth-order valence-electron chi connectivity index (χ4n) is 1.79. The highest BCUT2D eigenvalue weighted by molar-refractivity contribution is 7.81. The molecule has 1 atom stereocenters. The van der Waals surface area contributed by atoms with Gasteiger partial charge < -0.3 is 8.92 Å². The zero-order valence-electron chi connectivity index (χ0n) is 9.34. The van der Waals surface area contributed by atoms with Crippen LogP contribution in [0.4, 0.5) is 3.89 Å². The van der Waals surface area contributed by atoms with E-state index in [2.05, 4.69) is 4.18 Å². The molecule has 1 unspecified atom stereocenters. The molecule has 1 heterocycles. The molecule has 0 bridgehead atoms. The summed E-state index contributed by atoms with van der Waals surface area (Å²) < 4.78 is 41.9. The maximum Gasteiger partial charge on any atom is 0.488 e. The van der Waals surface area contributed by atoms with Crippen LogP contribution in [0, 0.1) is 0 Å². The number of carbonyl (C=O) groups excluding carboxylic acids is 1. The van der Waals surface area contributed by atoms with Crippen molar-refractivity contribution in [2.75, 3.05) is 0 Å². The minimum Gasteiger partial charge on any atom is -0.462 e. The van der Waals surface area contributed by atoms with Crippen molar-refractivity contribution in [3.63, 3.8) is 0 Å². The van der Waals surface area contributed by atoms with Crippen molar-refractivity contribution in [3.8, 4) is 5.75 Å². The van der Waals surface area contributed by atoms with E-state index >= 15 is 0 Å². The number of hydrogen-bond donors (Lipinski definition) is 0. The molecule has 0 saturated carbocycles. The van der Waals surface area contributed by atoms with Crippen LogP contribution in [0.25, 0.3) is 0 Å². The Balaban J connectivity index is 1.97. The third-order valence-electron chi connectivity index (χ3n) is 2.55. The van der Waals surface area contributed by atoms with E-state index in [1.165, 1.54) is 12.1 Å². The smallest absolute Gasteiger partial charge is 0.462 e. The molecule has 1 saturated heterocycles. The Labute approximate surface area is 104 Å². The van der Waals surface area contributed by atoms with Crippen LogP contribution in [0.15, 0.2) is 24.3 Å². The van der Waals surface area contributed by atoms with Crippen LogP contribution in [0.5, 0.6) is 5.75 Å². The zero-order valence-corrected chi connectivity index (χ0v) is 10.2. The number of esters is 1. The monoisotopic (exact) mass is 274 g/mol. The quantitative estimate of drug-likeness (QED) is 0.615. The highest BCUT2D eigenvalue weighted by atomic mass is 32.3. The molecule has 0 aliphatic carbocycles. The van der Waals surface area contributed by atoms with Crippen molar-refractivity contribution >= 4 is 16.5 Å². The average Bonchev–Trinajstić information content (AvgIpc) is 2.65. The van der Waals surface area contributed by atoms with Gasteiger partial charge in [-0.25, -0.2) is 0 Å². The van der Waals surface area contributed by atoms with Gasteiger partial charge in [-0.3, -0.25) is 4.79 Å². The van der Waals surface area contributed by atoms with Crippen LogP contribution in [0.1, 0.15) is 18.4 Å². The third-order valence-corrected chi connectivity index (χ3v) is 2.94. The van der Waals surface area contributed by atoms with Gasteiger partial charge in [0.05, 0.1) is 0 Å². The standard InChI is InChI=1S/C11H11FO5S/c12-18(14,15)17-9-3-1-8(2-4-9)7-10-5-6-11(13)16-10/h1-4,10H,5-7H2. The summed E-state index contributed by atoms with van der Waals surface area (Å²) in [5.41, 5.74) is 0.860. The Morgan fingerprint density at radius 2 is 2.00 bits per heavy atom. The highest BCUT2D eigenvalue weighted by Gasteiger charge is 2.23. The SMILES string of the molecule is O=C1CCC(Cc2ccc(OS(=O)(=O)F)cc2)O1. The van der Waals surface area contributed by atoms with E-state index in [4.69, 9.17) is 4.74 Å². The van der Waals surface area contributed by atoms with Gasteiger partial charge in [-0.2, -0.15) is 8.42 Å². The Morgan fingerprint density at radius 1 is 1.33 bits per heavy atom. The van der Waals surface area contributed by atoms with Crippen LogP contribution in [-0.4, -0.2) is 20.5 Å². The van der Waals surface area contributed by atoms with Crippen LogP contribution in [0.2, 0.25) is 0 Å². The Kier molecular flexibility index (Phi) is 3.51. The maximum absolute atomic E-state index is 12.2. The summed E-state index contributed by atoms with van der Waals surface area (Å²) in [4.78, 5) is 10.9. The fourth-order valence-corrected chi connectivity index (χ4v) is 2.13. The van der Waals surface area contributed by atoms with Crippen molar-refractivity contribution in [1.82, 2.24) is 0 Å². The molecule has 98 valence electrons. The lowest BCUT2D eigenvalue weighted by Gasteiger charge is -2.09. The highest BCUT2D eigenvalue weighted by Crippen LogP contribution is 2.20. The first-order chi connectivity index (χ1) is 8.42. The first-order valence-corrected chi connectivity index (χ1v) is 6.66. The molecule has 0 amide bonds. The molecule has 1 aliphatic heterocycles. The minimum absolute atomic E-state index is 0.0929. The summed E-state index contributed by atoms with van der Waals surface area (Å²) in [5, 5.41) is 0. The normalized spacial score (nSPS) is 19.6. The van der Waals surface area contributed by atoms with Gasteiger partial charge in [0.1, 0.15) is 11.9 Å². The Bertz CT molecular complexity index is 537. The first kappa shape index (κ1) is 12.8. The van der Waals surface area contributed by atoms with Gasteiger partial charge in [-0.15, -0.1) is 0 Å². The Hall–Kier alpha value is -1.63. The fraction of sp³-hybridized carbons (Fsp3) is 0.364. The van der Waals surface area contributed by atoms with Crippen LogP contribution in [-0.2, 0) is 26.5 Å². The van der Waals surface area contributed by atoms with Crippen molar-refractivity contribution in [1.29, 1.82) is 0 Å². The number of ether oxygens (including phenoxy) is 1. The van der Waals surface area contributed by atoms with Gasteiger partial charge in [-0.1, -0.05) is 16.0 Å². The summed E-state index contributed by atoms with van der Waals surface area (Å²) in [6, 6.07) is 5.91. The maximum atomic E-state index is 12.2. The molecule has 0 spiro atoms. The van der Waals surface area contributed by atoms with Crippen LogP contribution in [0.3, 0.4) is 0 Å². The molecule has 1 aromatic carbocycles. The molecule has 2 rings (SSSR count). The number of carbonyl (C=O) groups is 1. The first-order valence-electron chi connectivity index (χ1n) is 5.35. The minimum atomic E-state index is -4.99. The lowest BCUT2D eigenvalue weighted by atomic mass is 10.1. The lowest BCUT2D eigenvalue weighted by molar-refractivity contribution is -0.141. The average molecular weight is 274 g/mol. The molecule has 1 fully saturated rings. The molecule has 1 aliphatic rings. The second kappa shape index (κ2) is 4.93. The summed E-state index contributed by atoms with van der Waals surface area (Å²) in [5.74, 6) is -0.298. The number of hydrogen-bond acceptors (Lipinski definition) is 5. The molecule has 0 aromatic heterocycles. The largest absolute Gasteiger partial charge is 0.488 e. The van der Waals surface area contributed by atoms with E-state index in [0.29, 0.717) is 19.3 Å². The molecule has 0 N–H and O–H groups in total. The van der Waals surface area contributed by atoms with Gasteiger partial charge in [0.15, 0.2) is 0 Å². The number of rotatable bonds is 4. The van der Waals surface area contributed by atoms with E-state index in [-0.39, 0.29) is 17.8 Å². The summed E-state index contributed by atoms with van der Waals surface area (Å²) in [6.07, 6.45) is 1.50. The van der Waals surface area contributed by atoms with Gasteiger partial charge in [0.2, 0.25) is 0 Å². The lowest BCUT2D eigenvalue weighted by Crippen LogP contribution is -2.10. The topological polar surface area (TPSA) is 69.7 Å². The van der Waals surface area contributed by atoms with E-state index in [1.54, 1.807) is 12.1 Å². The van der Waals surface area contributed by atoms with Crippen LogP contribution < -0.4 is 4.18 Å². The van der Waals surface area contributed by atoms with E-state index in [9.17, 15) is 17.1 Å². The zero-order chi connectivity index (χ0) is 13.2. The molecular weight excluding hydrogens is 263 g/mol. The predicted octanol–water partition coefficient (Wildman–Crippen LogP) is 1.53. The number of cyclic esters (lactones) is 1. The van der Waals surface area contributed by atoms with Gasteiger partial charge in [0.25, 0.3) is 0 Å². The molecule has 18 heavy (non-hydrogen) atoms. The summed E-state index contributed by atoms with van der Waals surface area (Å²) in [6.45, 7) is 0. The van der Waals surface area contributed by atoms with Gasteiger partial charge in [-0.05, 0) is 24.1 Å². The van der Waals surface area contributed by atoms with Crippen molar-refractivity contribution in [3.05, 3.63) is 29.8 Å². The van der Waals surface area contributed by atoms with Gasteiger partial charge in [0, 0.05) is 12.8 Å². The van der Waals surface area contributed by atoms with Crippen molar-refractivity contribution in [2.45, 2.75) is 25.4 Å². The van der Waals surface area contributed by atoms with E-state index in [1.807, 2.05) is 0 Å². The molecule has 5 nitrogen and oxygen atoms in total. The van der Waals surface area contributed by atoms with Crippen molar-refractivity contribution in [2.24, 2.45) is 0 Å². The second-order valence-corrected chi connectivity index (χ2v) is 4.93. The van der Waals surface area contributed by atoms with Crippen molar-refractivity contribution < 1.29 is 26.0 Å². The van der Waals surface area contributed by atoms with Crippen LogP contribution >= 0.6 is 0 Å². The molecule has 7 heteroatoms. The predicted molar refractivity (Wildman–Crippen MR) is 59.9 cm³/mol. The number of benzene rings is 1. The Morgan fingerprint density at radius 3 is 2.50 bits per heavy atom. The third kappa shape index (κ3) is 3.69. The van der Waals surface area contributed by atoms with E-state index < -0.39 is 10.5 Å². The summed E-state index contributed by atoms with van der Waals surface area (Å²) in [7, 11) is -4.99. The molecule has 0 radical (unpaired) electrons. The summed E-state index contributed by atoms with van der Waals surface area (Å²) >= 11 is 0. The second-order valence-electron chi connectivity index (χ2n) is 3.98. The van der Waals surface area contributed by atoms with E-state index in [0.717, 1.165) is 5.56 Å². The number of halogens is 1. The van der Waals surface area contributed by atoms with Gasteiger partial charge >= 0.3 is 16.5 Å².